The highest BCUT2D eigenvalue weighted by molar-refractivity contribution is 6.02. The van der Waals surface area contributed by atoms with Crippen molar-refractivity contribution in [2.75, 3.05) is 0 Å². The van der Waals surface area contributed by atoms with E-state index in [1.54, 1.807) is 0 Å². The second-order valence-electron chi connectivity index (χ2n) is 4.61. The van der Waals surface area contributed by atoms with Crippen molar-refractivity contribution in [3.05, 3.63) is 22.3 Å². The lowest BCUT2D eigenvalue weighted by Gasteiger charge is -2.11. The van der Waals surface area contributed by atoms with E-state index >= 15 is 0 Å². The lowest BCUT2D eigenvalue weighted by Crippen LogP contribution is -2.17. The number of carbonyl (C=O) groups excluding carboxylic acids is 2. The zero-order chi connectivity index (χ0) is 15.0. The van der Waals surface area contributed by atoms with E-state index in [4.69, 9.17) is 4.74 Å². The van der Waals surface area contributed by atoms with Crippen LogP contribution in [0.25, 0.3) is 0 Å². The Morgan fingerprint density at radius 3 is 1.21 bits per heavy atom. The SMILES string of the molecule is CCC(C)=C(CC)C(=O)OC(=O)C(CC)=C(C)CC. The van der Waals surface area contributed by atoms with Gasteiger partial charge in [0.25, 0.3) is 0 Å². The van der Waals surface area contributed by atoms with Gasteiger partial charge in [0.1, 0.15) is 0 Å². The van der Waals surface area contributed by atoms with Gasteiger partial charge in [0.05, 0.1) is 0 Å². The molecule has 0 rings (SSSR count). The molecule has 0 N–H and O–H groups in total. The number of ether oxygens (including phenoxy) is 1. The Morgan fingerprint density at radius 2 is 1.00 bits per heavy atom. The zero-order valence-electron chi connectivity index (χ0n) is 13.1. The lowest BCUT2D eigenvalue weighted by atomic mass is 10.0. The average molecular weight is 266 g/mol. The van der Waals surface area contributed by atoms with E-state index in [-0.39, 0.29) is 0 Å². The number of allylic oxidation sites excluding steroid dienone is 2. The molecule has 0 fully saturated rings. The number of hydrogen-bond acceptors (Lipinski definition) is 3. The molecule has 0 amide bonds. The molecule has 0 aliphatic heterocycles. The van der Waals surface area contributed by atoms with Crippen molar-refractivity contribution >= 4 is 11.9 Å². The van der Waals surface area contributed by atoms with Crippen molar-refractivity contribution in [2.45, 2.75) is 67.2 Å². The third kappa shape index (κ3) is 5.01. The number of carbonyl (C=O) groups is 2. The molecule has 19 heavy (non-hydrogen) atoms. The van der Waals surface area contributed by atoms with Crippen LogP contribution in [0.5, 0.6) is 0 Å². The monoisotopic (exact) mass is 266 g/mol. The topological polar surface area (TPSA) is 43.4 Å². The molecule has 0 aromatic carbocycles. The first-order valence-corrected chi connectivity index (χ1v) is 7.06. The van der Waals surface area contributed by atoms with E-state index in [0.717, 1.165) is 24.0 Å². The zero-order valence-corrected chi connectivity index (χ0v) is 13.1. The van der Waals surface area contributed by atoms with Gasteiger partial charge in [-0.3, -0.25) is 0 Å². The second-order valence-corrected chi connectivity index (χ2v) is 4.61. The molecule has 0 atom stereocenters. The molecule has 0 aliphatic carbocycles. The number of esters is 2. The lowest BCUT2D eigenvalue weighted by molar-refractivity contribution is -0.154. The first kappa shape index (κ1) is 17.6. The molecular weight excluding hydrogens is 240 g/mol. The fourth-order valence-corrected chi connectivity index (χ4v) is 1.87. The smallest absolute Gasteiger partial charge is 0.341 e. The maximum Gasteiger partial charge on any atom is 0.341 e. The normalized spacial score (nSPS) is 13.6. The maximum atomic E-state index is 12.0. The summed E-state index contributed by atoms with van der Waals surface area (Å²) >= 11 is 0. The Bertz CT molecular complexity index is 362. The van der Waals surface area contributed by atoms with E-state index in [1.807, 2.05) is 41.5 Å². The fourth-order valence-electron chi connectivity index (χ4n) is 1.87. The Kier molecular flexibility index (Phi) is 8.05. The molecule has 0 unspecified atom stereocenters. The molecule has 0 spiro atoms. The van der Waals surface area contributed by atoms with Gasteiger partial charge in [-0.2, -0.15) is 0 Å². The van der Waals surface area contributed by atoms with Crippen LogP contribution in [0.4, 0.5) is 0 Å². The summed E-state index contributed by atoms with van der Waals surface area (Å²) in [6.07, 6.45) is 2.75. The Morgan fingerprint density at radius 1 is 0.684 bits per heavy atom. The summed E-state index contributed by atoms with van der Waals surface area (Å²) in [5.74, 6) is -0.997. The first-order chi connectivity index (χ1) is 8.92. The summed E-state index contributed by atoms with van der Waals surface area (Å²) in [5, 5.41) is 0. The van der Waals surface area contributed by atoms with E-state index in [0.29, 0.717) is 24.0 Å². The molecule has 0 bridgehead atoms. The molecule has 3 heteroatoms. The molecule has 3 nitrogen and oxygen atoms in total. The van der Waals surface area contributed by atoms with Crippen LogP contribution in [0.1, 0.15) is 67.2 Å². The number of hydrogen-bond donors (Lipinski definition) is 0. The van der Waals surface area contributed by atoms with Crippen LogP contribution in [0, 0.1) is 0 Å². The van der Waals surface area contributed by atoms with Crippen molar-refractivity contribution in [1.29, 1.82) is 0 Å². The molecule has 108 valence electrons. The fraction of sp³-hybridized carbons (Fsp3) is 0.625. The highest BCUT2D eigenvalue weighted by atomic mass is 16.6. The summed E-state index contributed by atoms with van der Waals surface area (Å²) in [6.45, 7) is 11.6. The Labute approximate surface area is 116 Å². The largest absolute Gasteiger partial charge is 0.386 e. The van der Waals surface area contributed by atoms with Gasteiger partial charge in [-0.05, 0) is 39.5 Å². The number of rotatable bonds is 6. The third-order valence-electron chi connectivity index (χ3n) is 3.48. The van der Waals surface area contributed by atoms with Crippen LogP contribution >= 0.6 is 0 Å². The van der Waals surface area contributed by atoms with Crippen molar-refractivity contribution in [2.24, 2.45) is 0 Å². The van der Waals surface area contributed by atoms with Crippen LogP contribution in [0.2, 0.25) is 0 Å². The summed E-state index contributed by atoms with van der Waals surface area (Å²) in [6, 6.07) is 0. The van der Waals surface area contributed by atoms with Gasteiger partial charge >= 0.3 is 11.9 Å². The van der Waals surface area contributed by atoms with E-state index in [9.17, 15) is 9.59 Å². The molecule has 0 radical (unpaired) electrons. The van der Waals surface area contributed by atoms with Gasteiger partial charge in [0.15, 0.2) is 0 Å². The van der Waals surface area contributed by atoms with Gasteiger partial charge in [0.2, 0.25) is 0 Å². The van der Waals surface area contributed by atoms with E-state index in [2.05, 4.69) is 0 Å². The maximum absolute atomic E-state index is 12.0. The third-order valence-corrected chi connectivity index (χ3v) is 3.48. The summed E-state index contributed by atoms with van der Waals surface area (Å²) in [5.41, 5.74) is 3.19. The Hall–Kier alpha value is -1.38. The minimum atomic E-state index is -0.498. The van der Waals surface area contributed by atoms with Gasteiger partial charge in [-0.15, -0.1) is 0 Å². The Balaban J connectivity index is 5.07. The molecule has 0 aromatic heterocycles. The van der Waals surface area contributed by atoms with Gasteiger partial charge in [-0.1, -0.05) is 38.8 Å². The van der Waals surface area contributed by atoms with Crippen molar-refractivity contribution in [3.63, 3.8) is 0 Å². The quantitative estimate of drug-likeness (QED) is 0.408. The average Bonchev–Trinajstić information content (AvgIpc) is 2.39. The van der Waals surface area contributed by atoms with E-state index < -0.39 is 11.9 Å². The van der Waals surface area contributed by atoms with Gasteiger partial charge in [-0.25, -0.2) is 9.59 Å². The standard InChI is InChI=1S/C16H26O3/c1-7-11(5)13(9-3)15(17)19-16(18)14(10-4)12(6)8-2/h7-10H2,1-6H3. The van der Waals surface area contributed by atoms with Crippen LogP contribution in [0.15, 0.2) is 22.3 Å². The molecule has 0 heterocycles. The molecule has 0 aromatic rings. The molecule has 0 saturated heterocycles. The first-order valence-electron chi connectivity index (χ1n) is 7.06. The summed E-state index contributed by atoms with van der Waals surface area (Å²) < 4.78 is 5.01. The predicted molar refractivity (Wildman–Crippen MR) is 77.7 cm³/mol. The molecular formula is C16H26O3. The predicted octanol–water partition coefficient (Wildman–Crippen LogP) is 4.33. The van der Waals surface area contributed by atoms with Crippen LogP contribution in [-0.2, 0) is 14.3 Å². The summed E-state index contributed by atoms with van der Waals surface area (Å²) in [4.78, 5) is 24.0. The van der Waals surface area contributed by atoms with Crippen molar-refractivity contribution in [3.8, 4) is 0 Å². The van der Waals surface area contributed by atoms with E-state index in [1.165, 1.54) is 0 Å². The highest BCUT2D eigenvalue weighted by Crippen LogP contribution is 2.17. The van der Waals surface area contributed by atoms with Gasteiger partial charge < -0.3 is 4.74 Å². The minimum absolute atomic E-state index is 0.498. The highest BCUT2D eigenvalue weighted by Gasteiger charge is 2.19. The second kappa shape index (κ2) is 8.68. The van der Waals surface area contributed by atoms with Crippen molar-refractivity contribution < 1.29 is 14.3 Å². The van der Waals surface area contributed by atoms with Crippen molar-refractivity contribution in [1.82, 2.24) is 0 Å². The van der Waals surface area contributed by atoms with Crippen LogP contribution in [0.3, 0.4) is 0 Å². The molecule has 0 aliphatic rings. The van der Waals surface area contributed by atoms with Crippen LogP contribution in [-0.4, -0.2) is 11.9 Å². The van der Waals surface area contributed by atoms with Crippen LogP contribution < -0.4 is 0 Å². The summed E-state index contributed by atoms with van der Waals surface area (Å²) in [7, 11) is 0. The van der Waals surface area contributed by atoms with Gasteiger partial charge in [0, 0.05) is 11.1 Å². The molecule has 0 saturated carbocycles. The minimum Gasteiger partial charge on any atom is -0.386 e.